The molecule has 4 nitrogen and oxygen atoms in total. The molecule has 2 aliphatic heterocycles. The second-order valence-electron chi connectivity index (χ2n) is 5.89. The molecule has 2 heterocycles. The normalized spacial score (nSPS) is 22.0. The van der Waals surface area contributed by atoms with Crippen molar-refractivity contribution >= 4 is 27.3 Å². The summed E-state index contributed by atoms with van der Waals surface area (Å²) < 4.78 is 50.6. The van der Waals surface area contributed by atoms with E-state index in [0.29, 0.717) is 0 Å². The minimum Gasteiger partial charge on any atom is -0.336 e. The summed E-state index contributed by atoms with van der Waals surface area (Å²) >= 11 is 5.69. The molecule has 0 aromatic heterocycles. The Labute approximate surface area is 132 Å². The first-order valence-corrected chi connectivity index (χ1v) is 9.02. The zero-order valence-corrected chi connectivity index (χ0v) is 13.1. The van der Waals surface area contributed by atoms with Crippen LogP contribution < -0.4 is 0 Å². The average Bonchev–Trinajstić information content (AvgIpc) is 2.34. The van der Waals surface area contributed by atoms with Gasteiger partial charge in [-0.3, -0.25) is 4.79 Å². The fourth-order valence-corrected chi connectivity index (χ4v) is 4.80. The fraction of sp³-hybridized carbons (Fsp3) is 0.500. The van der Waals surface area contributed by atoms with Crippen molar-refractivity contribution in [2.45, 2.75) is 5.92 Å². The Balaban J connectivity index is 1.63. The van der Waals surface area contributed by atoms with Crippen molar-refractivity contribution in [1.82, 2.24) is 4.90 Å². The van der Waals surface area contributed by atoms with Crippen molar-refractivity contribution in [2.75, 3.05) is 24.6 Å². The number of carbonyl (C=O) groups is 1. The Hall–Kier alpha value is -1.21. The van der Waals surface area contributed by atoms with Gasteiger partial charge in [-0.15, -0.1) is 0 Å². The van der Waals surface area contributed by atoms with Crippen LogP contribution in [0.4, 0.5) is 8.78 Å². The van der Waals surface area contributed by atoms with Gasteiger partial charge in [0, 0.05) is 23.7 Å². The number of hydrogen-bond donors (Lipinski definition) is 0. The van der Waals surface area contributed by atoms with Gasteiger partial charge >= 0.3 is 5.92 Å². The number of halogens is 3. The SMILES string of the molecule is O=C(N1CC(C2CS(=O)(=O)C2)C1)C(F)(F)c1cccc(Cl)c1. The predicted octanol–water partition coefficient (Wildman–Crippen LogP) is 1.93. The lowest BCUT2D eigenvalue weighted by atomic mass is 9.87. The third kappa shape index (κ3) is 2.72. The Morgan fingerprint density at radius 3 is 2.41 bits per heavy atom. The maximum absolute atomic E-state index is 14.2. The summed E-state index contributed by atoms with van der Waals surface area (Å²) in [5.74, 6) is -4.68. The van der Waals surface area contributed by atoms with E-state index in [9.17, 15) is 22.0 Å². The molecule has 0 bridgehead atoms. The van der Waals surface area contributed by atoms with Crippen LogP contribution in [0.25, 0.3) is 0 Å². The van der Waals surface area contributed by atoms with E-state index in [4.69, 9.17) is 11.6 Å². The molecule has 3 rings (SSSR count). The van der Waals surface area contributed by atoms with E-state index in [0.717, 1.165) is 11.0 Å². The maximum atomic E-state index is 14.2. The zero-order chi connectivity index (χ0) is 16.1. The van der Waals surface area contributed by atoms with Crippen molar-refractivity contribution in [2.24, 2.45) is 11.8 Å². The molecule has 2 aliphatic rings. The molecule has 120 valence electrons. The molecule has 2 fully saturated rings. The average molecular weight is 350 g/mol. The molecule has 0 radical (unpaired) electrons. The van der Waals surface area contributed by atoms with Crippen LogP contribution in [0.1, 0.15) is 5.56 Å². The van der Waals surface area contributed by atoms with E-state index in [-0.39, 0.29) is 41.5 Å². The Morgan fingerprint density at radius 2 is 1.86 bits per heavy atom. The van der Waals surface area contributed by atoms with E-state index in [2.05, 4.69) is 0 Å². The van der Waals surface area contributed by atoms with Crippen molar-refractivity contribution in [3.05, 3.63) is 34.9 Å². The molecule has 0 unspecified atom stereocenters. The van der Waals surface area contributed by atoms with Crippen molar-refractivity contribution in [1.29, 1.82) is 0 Å². The molecule has 22 heavy (non-hydrogen) atoms. The van der Waals surface area contributed by atoms with Gasteiger partial charge in [-0.25, -0.2) is 8.42 Å². The van der Waals surface area contributed by atoms with Crippen LogP contribution >= 0.6 is 11.6 Å². The standard InChI is InChI=1S/C14H14ClF2NO3S/c15-12-3-1-2-11(4-12)14(16,17)13(19)18-5-9(6-18)10-7-22(20,21)8-10/h1-4,9-10H,5-8H2. The summed E-state index contributed by atoms with van der Waals surface area (Å²) in [6, 6.07) is 5.08. The number of rotatable bonds is 3. The summed E-state index contributed by atoms with van der Waals surface area (Å²) in [7, 11) is -2.93. The number of benzene rings is 1. The third-order valence-electron chi connectivity index (χ3n) is 4.26. The topological polar surface area (TPSA) is 54.5 Å². The van der Waals surface area contributed by atoms with Gasteiger partial charge in [-0.05, 0) is 24.0 Å². The van der Waals surface area contributed by atoms with E-state index >= 15 is 0 Å². The largest absolute Gasteiger partial charge is 0.350 e. The van der Waals surface area contributed by atoms with E-state index < -0.39 is 27.2 Å². The number of sulfone groups is 1. The van der Waals surface area contributed by atoms with Gasteiger partial charge in [0.25, 0.3) is 5.91 Å². The van der Waals surface area contributed by atoms with Crippen LogP contribution in [0, 0.1) is 11.8 Å². The van der Waals surface area contributed by atoms with Crippen LogP contribution in [0.3, 0.4) is 0 Å². The molecule has 0 spiro atoms. The molecule has 8 heteroatoms. The summed E-state index contributed by atoms with van der Waals surface area (Å²) in [4.78, 5) is 13.1. The van der Waals surface area contributed by atoms with Crippen LogP contribution in [-0.2, 0) is 20.6 Å². The number of likely N-dealkylation sites (tertiary alicyclic amines) is 1. The number of nitrogens with zero attached hydrogens (tertiary/aromatic N) is 1. The molecule has 0 aliphatic carbocycles. The van der Waals surface area contributed by atoms with Crippen molar-refractivity contribution in [3.63, 3.8) is 0 Å². The van der Waals surface area contributed by atoms with Crippen molar-refractivity contribution < 1.29 is 22.0 Å². The van der Waals surface area contributed by atoms with Crippen LogP contribution in [0.15, 0.2) is 24.3 Å². The molecule has 0 N–H and O–H groups in total. The zero-order valence-electron chi connectivity index (χ0n) is 11.5. The van der Waals surface area contributed by atoms with Crippen LogP contribution in [0.2, 0.25) is 5.02 Å². The van der Waals surface area contributed by atoms with Gasteiger partial charge < -0.3 is 4.90 Å². The molecule has 1 aromatic rings. The summed E-state index contributed by atoms with van der Waals surface area (Å²) in [6.45, 7) is 0.379. The second-order valence-corrected chi connectivity index (χ2v) is 8.48. The van der Waals surface area contributed by atoms with Crippen LogP contribution in [-0.4, -0.2) is 43.8 Å². The summed E-state index contributed by atoms with van der Waals surface area (Å²) in [6.07, 6.45) is 0. The molecule has 2 saturated heterocycles. The maximum Gasteiger partial charge on any atom is 0.350 e. The minimum atomic E-state index is -3.62. The predicted molar refractivity (Wildman–Crippen MR) is 77.6 cm³/mol. The molecule has 0 saturated carbocycles. The molecule has 1 aromatic carbocycles. The Morgan fingerprint density at radius 1 is 1.23 bits per heavy atom. The highest BCUT2D eigenvalue weighted by molar-refractivity contribution is 7.92. The summed E-state index contributed by atoms with van der Waals surface area (Å²) in [5, 5.41) is 0.145. The molecular weight excluding hydrogens is 336 g/mol. The Bertz CT molecular complexity index is 705. The number of amides is 1. The lowest BCUT2D eigenvalue weighted by Gasteiger charge is -2.46. The second kappa shape index (κ2) is 5.16. The first-order valence-electron chi connectivity index (χ1n) is 6.83. The molecular formula is C14H14ClF2NO3S. The van der Waals surface area contributed by atoms with E-state index in [1.54, 1.807) is 0 Å². The number of carbonyl (C=O) groups excluding carboxylic acids is 1. The van der Waals surface area contributed by atoms with Gasteiger partial charge in [0.05, 0.1) is 11.5 Å². The lowest BCUT2D eigenvalue weighted by molar-refractivity contribution is -0.166. The number of hydrogen-bond acceptors (Lipinski definition) is 3. The molecule has 0 atom stereocenters. The quantitative estimate of drug-likeness (QED) is 0.838. The highest BCUT2D eigenvalue weighted by atomic mass is 35.5. The summed E-state index contributed by atoms with van der Waals surface area (Å²) in [5.41, 5.74) is -0.431. The monoisotopic (exact) mass is 349 g/mol. The first-order chi connectivity index (χ1) is 10.2. The first kappa shape index (κ1) is 15.7. The smallest absolute Gasteiger partial charge is 0.336 e. The number of alkyl halides is 2. The van der Waals surface area contributed by atoms with E-state index in [1.807, 2.05) is 0 Å². The van der Waals surface area contributed by atoms with Gasteiger partial charge in [0.2, 0.25) is 0 Å². The molecule has 1 amide bonds. The Kier molecular flexibility index (Phi) is 3.68. The lowest BCUT2D eigenvalue weighted by Crippen LogP contribution is -2.60. The van der Waals surface area contributed by atoms with Gasteiger partial charge in [-0.1, -0.05) is 23.7 Å². The fourth-order valence-electron chi connectivity index (χ4n) is 2.86. The van der Waals surface area contributed by atoms with Gasteiger partial charge in [0.15, 0.2) is 9.84 Å². The highest BCUT2D eigenvalue weighted by Gasteiger charge is 2.51. The van der Waals surface area contributed by atoms with Gasteiger partial charge in [0.1, 0.15) is 0 Å². The van der Waals surface area contributed by atoms with Crippen LogP contribution in [0.5, 0.6) is 0 Å². The van der Waals surface area contributed by atoms with Crippen molar-refractivity contribution in [3.8, 4) is 0 Å². The van der Waals surface area contributed by atoms with Gasteiger partial charge in [-0.2, -0.15) is 8.78 Å². The minimum absolute atomic E-state index is 0.00244. The highest BCUT2D eigenvalue weighted by Crippen LogP contribution is 2.37. The van der Waals surface area contributed by atoms with E-state index in [1.165, 1.54) is 18.2 Å². The third-order valence-corrected chi connectivity index (χ3v) is 6.36.